The van der Waals surface area contributed by atoms with Gasteiger partial charge in [-0.15, -0.1) is 0 Å². The monoisotopic (exact) mass is 318 g/mol. The van der Waals surface area contributed by atoms with Crippen molar-refractivity contribution in [1.29, 1.82) is 0 Å². The van der Waals surface area contributed by atoms with Crippen LogP contribution in [0.25, 0.3) is 0 Å². The number of aliphatic hydroxyl groups is 1. The van der Waals surface area contributed by atoms with Gasteiger partial charge in [0.05, 0.1) is 13.7 Å². The predicted molar refractivity (Wildman–Crippen MR) is 88.2 cm³/mol. The number of benzene rings is 1. The number of piperidine rings is 1. The maximum absolute atomic E-state index is 12.3. The average Bonchev–Trinajstić information content (AvgIpc) is 2.82. The zero-order chi connectivity index (χ0) is 16.2. The lowest BCUT2D eigenvalue weighted by molar-refractivity contribution is -0.123. The van der Waals surface area contributed by atoms with Gasteiger partial charge in [-0.05, 0) is 37.7 Å². The zero-order valence-corrected chi connectivity index (χ0v) is 13.7. The van der Waals surface area contributed by atoms with E-state index in [9.17, 15) is 9.90 Å². The summed E-state index contributed by atoms with van der Waals surface area (Å²) < 4.78 is 5.31. The number of aliphatic hydroxyl groups excluding tert-OH is 1. The molecule has 2 heterocycles. The van der Waals surface area contributed by atoms with Crippen LogP contribution in [0.2, 0.25) is 0 Å². The van der Waals surface area contributed by atoms with Crippen molar-refractivity contribution in [1.82, 2.24) is 10.2 Å². The fraction of sp³-hybridized carbons (Fsp3) is 0.611. The molecule has 2 aliphatic heterocycles. The van der Waals surface area contributed by atoms with Crippen molar-refractivity contribution in [2.45, 2.75) is 44.3 Å². The molecular formula is C18H26N2O3. The van der Waals surface area contributed by atoms with Gasteiger partial charge in [-0.25, -0.2) is 0 Å². The number of methoxy groups -OCH3 is 1. The highest BCUT2D eigenvalue weighted by Gasteiger charge is 2.40. The number of nitrogens with zero attached hydrogens (tertiary/aromatic N) is 1. The van der Waals surface area contributed by atoms with Gasteiger partial charge >= 0.3 is 0 Å². The van der Waals surface area contributed by atoms with Crippen LogP contribution in [0.3, 0.4) is 0 Å². The first kappa shape index (κ1) is 16.3. The van der Waals surface area contributed by atoms with Gasteiger partial charge in [-0.1, -0.05) is 18.2 Å². The van der Waals surface area contributed by atoms with Crippen LogP contribution in [0.4, 0.5) is 0 Å². The Bertz CT molecular complexity index is 535. The first-order valence-electron chi connectivity index (χ1n) is 8.46. The van der Waals surface area contributed by atoms with E-state index in [1.165, 1.54) is 0 Å². The molecule has 2 saturated heterocycles. The maximum Gasteiger partial charge on any atom is 0.234 e. The number of para-hydroxylation sites is 1. The van der Waals surface area contributed by atoms with Crippen LogP contribution < -0.4 is 10.1 Å². The van der Waals surface area contributed by atoms with Crippen LogP contribution in [0.5, 0.6) is 5.75 Å². The summed E-state index contributed by atoms with van der Waals surface area (Å²) in [6.45, 7) is 1.23. The Labute approximate surface area is 137 Å². The Morgan fingerprint density at radius 3 is 2.65 bits per heavy atom. The summed E-state index contributed by atoms with van der Waals surface area (Å²) in [6.07, 6.45) is 4.35. The van der Waals surface area contributed by atoms with E-state index in [1.54, 1.807) is 7.11 Å². The molecule has 0 aromatic heterocycles. The highest BCUT2D eigenvalue weighted by atomic mass is 16.5. The minimum absolute atomic E-state index is 0.0651. The molecule has 0 saturated carbocycles. The number of ether oxygens (including phenoxy) is 1. The number of carbonyl (C=O) groups is 1. The second-order valence-corrected chi connectivity index (χ2v) is 6.67. The zero-order valence-electron chi connectivity index (χ0n) is 13.7. The van der Waals surface area contributed by atoms with Crippen molar-refractivity contribution in [2.24, 2.45) is 5.92 Å². The lowest BCUT2D eigenvalue weighted by Crippen LogP contribution is -2.48. The van der Waals surface area contributed by atoms with Crippen molar-refractivity contribution < 1.29 is 14.6 Å². The molecule has 2 N–H and O–H groups in total. The first-order chi connectivity index (χ1) is 11.2. The molecular weight excluding hydrogens is 292 g/mol. The quantitative estimate of drug-likeness (QED) is 0.835. The van der Waals surface area contributed by atoms with Gasteiger partial charge < -0.3 is 15.2 Å². The maximum atomic E-state index is 12.3. The molecule has 1 aromatic rings. The van der Waals surface area contributed by atoms with Crippen molar-refractivity contribution >= 4 is 5.91 Å². The molecule has 5 nitrogen and oxygen atoms in total. The smallest absolute Gasteiger partial charge is 0.234 e. The van der Waals surface area contributed by atoms with E-state index in [0.29, 0.717) is 31.1 Å². The second kappa shape index (κ2) is 7.32. The summed E-state index contributed by atoms with van der Waals surface area (Å²) in [5.41, 5.74) is 0.991. The normalized spacial score (nSPS) is 27.0. The molecule has 2 aliphatic rings. The molecule has 3 rings (SSSR count). The van der Waals surface area contributed by atoms with Gasteiger partial charge in [0.15, 0.2) is 0 Å². The summed E-state index contributed by atoms with van der Waals surface area (Å²) in [7, 11) is 1.64. The summed E-state index contributed by atoms with van der Waals surface area (Å²) in [5.74, 6) is 1.28. The number of amides is 1. The molecule has 0 spiro atoms. The van der Waals surface area contributed by atoms with Crippen LogP contribution in [0, 0.1) is 5.92 Å². The minimum Gasteiger partial charge on any atom is -0.496 e. The SMILES string of the molecule is COc1ccccc1CNC(=O)CN1[C@@H]2CC[C@H]1CC(CO)C2. The van der Waals surface area contributed by atoms with Crippen molar-refractivity contribution in [3.05, 3.63) is 29.8 Å². The van der Waals surface area contributed by atoms with E-state index in [0.717, 1.165) is 37.0 Å². The Balaban J connectivity index is 1.52. The molecule has 1 unspecified atom stereocenters. The number of rotatable bonds is 6. The van der Waals surface area contributed by atoms with Crippen LogP contribution in [0.1, 0.15) is 31.2 Å². The third-order valence-electron chi connectivity index (χ3n) is 5.23. The molecule has 2 bridgehead atoms. The number of hydrogen-bond acceptors (Lipinski definition) is 4. The number of nitrogens with one attached hydrogen (secondary N) is 1. The summed E-state index contributed by atoms with van der Waals surface area (Å²) in [6, 6.07) is 8.67. The van der Waals surface area contributed by atoms with E-state index in [1.807, 2.05) is 24.3 Å². The average molecular weight is 318 g/mol. The Morgan fingerprint density at radius 1 is 1.30 bits per heavy atom. The van der Waals surface area contributed by atoms with Crippen LogP contribution in [0.15, 0.2) is 24.3 Å². The molecule has 1 aromatic carbocycles. The Hall–Kier alpha value is -1.59. The fourth-order valence-electron chi connectivity index (χ4n) is 4.06. The molecule has 23 heavy (non-hydrogen) atoms. The Kier molecular flexibility index (Phi) is 5.18. The number of hydrogen-bond donors (Lipinski definition) is 2. The fourth-order valence-corrected chi connectivity index (χ4v) is 4.06. The molecule has 2 fully saturated rings. The number of fused-ring (bicyclic) bond motifs is 2. The summed E-state index contributed by atoms with van der Waals surface area (Å²) in [4.78, 5) is 14.6. The molecule has 126 valence electrons. The van der Waals surface area contributed by atoms with Gasteiger partial charge in [0, 0.05) is 30.8 Å². The molecule has 5 heteroatoms. The first-order valence-corrected chi connectivity index (χ1v) is 8.46. The molecule has 0 radical (unpaired) electrons. The summed E-state index contributed by atoms with van der Waals surface area (Å²) in [5, 5.41) is 12.4. The van der Waals surface area contributed by atoms with E-state index < -0.39 is 0 Å². The van der Waals surface area contributed by atoms with Crippen LogP contribution in [-0.2, 0) is 11.3 Å². The van der Waals surface area contributed by atoms with Crippen molar-refractivity contribution in [3.63, 3.8) is 0 Å². The second-order valence-electron chi connectivity index (χ2n) is 6.67. The largest absolute Gasteiger partial charge is 0.496 e. The highest BCUT2D eigenvalue weighted by molar-refractivity contribution is 5.78. The molecule has 0 aliphatic carbocycles. The topological polar surface area (TPSA) is 61.8 Å². The third kappa shape index (κ3) is 3.67. The van der Waals surface area contributed by atoms with Gasteiger partial charge in [-0.2, -0.15) is 0 Å². The van der Waals surface area contributed by atoms with Crippen molar-refractivity contribution in [3.8, 4) is 5.75 Å². The van der Waals surface area contributed by atoms with E-state index >= 15 is 0 Å². The van der Waals surface area contributed by atoms with E-state index in [2.05, 4.69) is 10.2 Å². The van der Waals surface area contributed by atoms with Gasteiger partial charge in [-0.3, -0.25) is 9.69 Å². The minimum atomic E-state index is 0.0651. The standard InChI is InChI=1S/C18H26N2O3/c1-23-17-5-3-2-4-14(17)10-19-18(22)11-20-15-6-7-16(20)9-13(8-15)12-21/h2-5,13,15-16,21H,6-12H2,1H3,(H,19,22)/t13?,15-,16+. The summed E-state index contributed by atoms with van der Waals surface area (Å²) >= 11 is 0. The van der Waals surface area contributed by atoms with Crippen LogP contribution >= 0.6 is 0 Å². The molecule has 3 atom stereocenters. The third-order valence-corrected chi connectivity index (χ3v) is 5.23. The highest BCUT2D eigenvalue weighted by Crippen LogP contribution is 2.38. The lowest BCUT2D eigenvalue weighted by Gasteiger charge is -2.37. The number of carbonyl (C=O) groups excluding carboxylic acids is 1. The molecule has 1 amide bonds. The predicted octanol–water partition coefficient (Wildman–Crippen LogP) is 1.55. The van der Waals surface area contributed by atoms with Crippen molar-refractivity contribution in [2.75, 3.05) is 20.3 Å². The Morgan fingerprint density at radius 2 is 2.00 bits per heavy atom. The lowest BCUT2D eigenvalue weighted by atomic mass is 9.91. The van der Waals surface area contributed by atoms with Gasteiger partial charge in [0.1, 0.15) is 5.75 Å². The van der Waals surface area contributed by atoms with E-state index in [-0.39, 0.29) is 12.5 Å². The van der Waals surface area contributed by atoms with E-state index in [4.69, 9.17) is 4.74 Å². The van der Waals surface area contributed by atoms with Crippen LogP contribution in [-0.4, -0.2) is 48.3 Å². The van der Waals surface area contributed by atoms with Gasteiger partial charge in [0.25, 0.3) is 0 Å². The van der Waals surface area contributed by atoms with Gasteiger partial charge in [0.2, 0.25) is 5.91 Å².